The molecule has 4 N–H and O–H groups in total. The van der Waals surface area contributed by atoms with E-state index in [1.165, 1.54) is 0 Å². The molecular weight excluding hydrogens is 346 g/mol. The molecule has 0 spiro atoms. The van der Waals surface area contributed by atoms with Gasteiger partial charge in [-0.3, -0.25) is 14.5 Å². The molecule has 0 saturated carbocycles. The molecule has 0 unspecified atom stereocenters. The lowest BCUT2D eigenvalue weighted by atomic mass is 9.93. The Bertz CT molecular complexity index is 1150. The summed E-state index contributed by atoms with van der Waals surface area (Å²) >= 11 is 0. The molecule has 1 aromatic carbocycles. The number of aromatic nitrogens is 3. The van der Waals surface area contributed by atoms with E-state index >= 15 is 0 Å². The highest BCUT2D eigenvalue weighted by Gasteiger charge is 2.23. The van der Waals surface area contributed by atoms with Gasteiger partial charge < -0.3 is 15.8 Å². The summed E-state index contributed by atoms with van der Waals surface area (Å²) in [5.41, 5.74) is 9.31. The zero-order chi connectivity index (χ0) is 19.1. The number of carbonyl (C=O) groups excluding carboxylic acids is 1. The molecule has 1 aliphatic heterocycles. The van der Waals surface area contributed by atoms with Crippen LogP contribution in [0.1, 0.15) is 22.3 Å². The number of benzene rings is 1. The normalized spacial score (nSPS) is 14.1. The van der Waals surface area contributed by atoms with Gasteiger partial charge in [-0.2, -0.15) is 5.10 Å². The second-order valence-electron chi connectivity index (χ2n) is 6.34. The van der Waals surface area contributed by atoms with Crippen LogP contribution in [0.2, 0.25) is 0 Å². The number of aliphatic carboxylic acids is 1. The molecule has 0 radical (unpaired) electrons. The summed E-state index contributed by atoms with van der Waals surface area (Å²) < 4.78 is 1.68. The smallest absolute Gasteiger partial charge is 0.354 e. The number of amides is 1. The Morgan fingerprint density at radius 1 is 1.33 bits per heavy atom. The van der Waals surface area contributed by atoms with Crippen LogP contribution >= 0.6 is 0 Å². The quantitative estimate of drug-likeness (QED) is 0.655. The summed E-state index contributed by atoms with van der Waals surface area (Å²) in [6.45, 7) is 0.446. The highest BCUT2D eigenvalue weighted by Crippen LogP contribution is 2.33. The number of nitrogens with two attached hydrogens (primary N) is 1. The third-order valence-corrected chi connectivity index (χ3v) is 4.57. The van der Waals surface area contributed by atoms with Crippen LogP contribution in [-0.4, -0.2) is 44.0 Å². The van der Waals surface area contributed by atoms with Gasteiger partial charge in [-0.1, -0.05) is 12.1 Å². The summed E-state index contributed by atoms with van der Waals surface area (Å²) in [6, 6.07) is 5.21. The summed E-state index contributed by atoms with van der Waals surface area (Å²) in [5.74, 6) is -1.63. The molecule has 0 bridgehead atoms. The Morgan fingerprint density at radius 3 is 2.81 bits per heavy atom. The Hall–Kier alpha value is -3.68. The standard InChI is InChI=1S/C19H17N5O3/c1-24-9-10(8-22-24)15-7-14-11(4-5-13(18(20)25)16(14)23-15)12-3-2-6-21-17(12)19(26)27/h3-5,7-9,23H,2,6H2,1H3,(H2,20,25)(H,26,27). The maximum atomic E-state index is 11.9. The number of nitrogens with zero attached hydrogens (tertiary/aromatic N) is 3. The molecule has 4 rings (SSSR count). The average molecular weight is 363 g/mol. The zero-order valence-corrected chi connectivity index (χ0v) is 14.6. The molecule has 136 valence electrons. The van der Waals surface area contributed by atoms with Gasteiger partial charge in [0.15, 0.2) is 5.71 Å². The number of aromatic amines is 1. The Labute approximate surface area is 154 Å². The van der Waals surface area contributed by atoms with Crippen molar-refractivity contribution < 1.29 is 14.7 Å². The van der Waals surface area contributed by atoms with Crippen LogP contribution < -0.4 is 5.73 Å². The van der Waals surface area contributed by atoms with Crippen molar-refractivity contribution in [2.45, 2.75) is 6.42 Å². The minimum absolute atomic E-state index is 0.0264. The molecule has 0 fully saturated rings. The van der Waals surface area contributed by atoms with Gasteiger partial charge in [0, 0.05) is 42.0 Å². The van der Waals surface area contributed by atoms with Gasteiger partial charge in [0.25, 0.3) is 5.91 Å². The molecule has 3 heterocycles. The third-order valence-electron chi connectivity index (χ3n) is 4.57. The van der Waals surface area contributed by atoms with Gasteiger partial charge in [0.1, 0.15) is 0 Å². The Balaban J connectivity index is 1.97. The second kappa shape index (κ2) is 6.24. The van der Waals surface area contributed by atoms with Gasteiger partial charge in [0.2, 0.25) is 0 Å². The molecular formula is C19H17N5O3. The first kappa shape index (κ1) is 16.8. The summed E-state index contributed by atoms with van der Waals surface area (Å²) in [6.07, 6.45) is 6.08. The Morgan fingerprint density at radius 2 is 2.15 bits per heavy atom. The van der Waals surface area contributed by atoms with E-state index in [1.807, 2.05) is 25.4 Å². The molecule has 27 heavy (non-hydrogen) atoms. The van der Waals surface area contributed by atoms with Crippen molar-refractivity contribution in [2.75, 3.05) is 6.54 Å². The Kier molecular flexibility index (Phi) is 3.88. The predicted molar refractivity (Wildman–Crippen MR) is 102 cm³/mol. The fourth-order valence-corrected chi connectivity index (χ4v) is 3.36. The number of fused-ring (bicyclic) bond motifs is 1. The first-order chi connectivity index (χ1) is 13.0. The maximum absolute atomic E-state index is 11.9. The van der Waals surface area contributed by atoms with E-state index in [-0.39, 0.29) is 5.71 Å². The highest BCUT2D eigenvalue weighted by atomic mass is 16.4. The lowest BCUT2D eigenvalue weighted by Crippen LogP contribution is -2.18. The molecule has 1 amide bonds. The van der Waals surface area contributed by atoms with Gasteiger partial charge in [-0.25, -0.2) is 4.79 Å². The number of aliphatic imine (C=N–C) groups is 1. The molecule has 1 aliphatic rings. The molecule has 0 saturated heterocycles. The van der Waals surface area contributed by atoms with E-state index in [0.717, 1.165) is 11.3 Å². The van der Waals surface area contributed by atoms with Crippen molar-refractivity contribution >= 4 is 34.1 Å². The lowest BCUT2D eigenvalue weighted by Gasteiger charge is -2.14. The van der Waals surface area contributed by atoms with Crippen LogP contribution in [0.15, 0.2) is 41.7 Å². The fourth-order valence-electron chi connectivity index (χ4n) is 3.36. The van der Waals surface area contributed by atoms with E-state index < -0.39 is 11.9 Å². The number of H-pyrrole nitrogens is 1. The molecule has 8 heteroatoms. The topological polar surface area (TPSA) is 126 Å². The van der Waals surface area contributed by atoms with E-state index in [0.29, 0.717) is 40.6 Å². The number of carbonyl (C=O) groups is 2. The van der Waals surface area contributed by atoms with Crippen LogP contribution in [0.25, 0.3) is 27.7 Å². The summed E-state index contributed by atoms with van der Waals surface area (Å²) in [7, 11) is 1.81. The maximum Gasteiger partial charge on any atom is 0.354 e. The lowest BCUT2D eigenvalue weighted by molar-refractivity contribution is -0.129. The first-order valence-electron chi connectivity index (χ1n) is 8.39. The van der Waals surface area contributed by atoms with Crippen LogP contribution in [0, 0.1) is 0 Å². The van der Waals surface area contributed by atoms with E-state index in [9.17, 15) is 14.7 Å². The number of aryl methyl sites for hydroxylation is 1. The SMILES string of the molecule is Cn1cc(-c2cc3c(C4=CCCN=C4C(=O)O)ccc(C(N)=O)c3[nH]2)cn1. The van der Waals surface area contributed by atoms with Crippen molar-refractivity contribution in [2.24, 2.45) is 17.8 Å². The minimum Gasteiger partial charge on any atom is -0.477 e. The van der Waals surface area contributed by atoms with Crippen molar-refractivity contribution in [3.8, 4) is 11.3 Å². The molecule has 8 nitrogen and oxygen atoms in total. The van der Waals surface area contributed by atoms with Crippen molar-refractivity contribution in [1.29, 1.82) is 0 Å². The molecule has 0 aliphatic carbocycles. The minimum atomic E-state index is -1.07. The van der Waals surface area contributed by atoms with Crippen LogP contribution in [-0.2, 0) is 11.8 Å². The second-order valence-corrected chi connectivity index (χ2v) is 6.34. The van der Waals surface area contributed by atoms with E-state index in [1.54, 1.807) is 23.0 Å². The highest BCUT2D eigenvalue weighted by molar-refractivity contribution is 6.54. The van der Waals surface area contributed by atoms with Crippen LogP contribution in [0.5, 0.6) is 0 Å². The number of primary amides is 1. The fraction of sp³-hybridized carbons (Fsp3) is 0.158. The van der Waals surface area contributed by atoms with Gasteiger partial charge in [-0.05, 0) is 24.1 Å². The largest absolute Gasteiger partial charge is 0.477 e. The first-order valence-corrected chi connectivity index (χ1v) is 8.39. The van der Waals surface area contributed by atoms with Crippen LogP contribution in [0.3, 0.4) is 0 Å². The van der Waals surface area contributed by atoms with Crippen LogP contribution in [0.4, 0.5) is 0 Å². The number of hydrogen-bond donors (Lipinski definition) is 3. The number of hydrogen-bond acceptors (Lipinski definition) is 4. The monoisotopic (exact) mass is 363 g/mol. The van der Waals surface area contributed by atoms with Crippen molar-refractivity contribution in [3.63, 3.8) is 0 Å². The molecule has 0 atom stereocenters. The molecule has 2 aromatic heterocycles. The summed E-state index contributed by atoms with van der Waals surface area (Å²) in [5, 5.41) is 14.4. The van der Waals surface area contributed by atoms with Gasteiger partial charge in [0.05, 0.1) is 17.3 Å². The number of carboxylic acids is 1. The number of rotatable bonds is 4. The molecule has 3 aromatic rings. The van der Waals surface area contributed by atoms with Crippen molar-refractivity contribution in [1.82, 2.24) is 14.8 Å². The van der Waals surface area contributed by atoms with E-state index in [2.05, 4.69) is 15.1 Å². The van der Waals surface area contributed by atoms with Crippen molar-refractivity contribution in [3.05, 3.63) is 47.8 Å². The van der Waals surface area contributed by atoms with E-state index in [4.69, 9.17) is 5.73 Å². The third kappa shape index (κ3) is 2.80. The zero-order valence-electron chi connectivity index (χ0n) is 14.6. The predicted octanol–water partition coefficient (Wildman–Crippen LogP) is 1.98. The van der Waals surface area contributed by atoms with Gasteiger partial charge in [-0.15, -0.1) is 0 Å². The number of carboxylic acid groups (broad SMARTS) is 1. The van der Waals surface area contributed by atoms with Gasteiger partial charge >= 0.3 is 5.97 Å². The average Bonchev–Trinajstić information content (AvgIpc) is 3.26. The summed E-state index contributed by atoms with van der Waals surface area (Å²) in [4.78, 5) is 30.9. The number of nitrogens with one attached hydrogen (secondary N) is 1. The number of dihydropyridines is 1.